The number of nitrogens with one attached hydrogen (secondary N) is 1. The van der Waals surface area contributed by atoms with Crippen molar-refractivity contribution in [3.05, 3.63) is 52.5 Å². The van der Waals surface area contributed by atoms with Gasteiger partial charge in [-0.3, -0.25) is 0 Å². The molecule has 0 saturated heterocycles. The molecule has 0 heterocycles. The molecule has 1 amide bonds. The molecule has 36 heavy (non-hydrogen) atoms. The van der Waals surface area contributed by atoms with Crippen LogP contribution in [0.5, 0.6) is 17.2 Å². The minimum absolute atomic E-state index is 0.231. The number of amides is 1. The first-order valence-corrected chi connectivity index (χ1v) is 12.8. The topological polar surface area (TPSA) is 86.2 Å². The van der Waals surface area contributed by atoms with E-state index in [9.17, 15) is 9.90 Å². The number of ether oxygens (including phenoxy) is 4. The first-order valence-electron chi connectivity index (χ1n) is 12.4. The van der Waals surface area contributed by atoms with Crippen LogP contribution >= 0.6 is 11.6 Å². The second-order valence-corrected chi connectivity index (χ2v) is 10.3. The number of hydrogen-bond donors (Lipinski definition) is 2. The zero-order chi connectivity index (χ0) is 26.8. The van der Waals surface area contributed by atoms with E-state index >= 15 is 0 Å². The molecule has 0 unspecified atom stereocenters. The highest BCUT2D eigenvalue weighted by molar-refractivity contribution is 6.32. The summed E-state index contributed by atoms with van der Waals surface area (Å²) in [6.07, 6.45) is 1.17. The molecule has 2 N–H and O–H groups in total. The van der Waals surface area contributed by atoms with Crippen molar-refractivity contribution in [3.63, 3.8) is 0 Å². The van der Waals surface area contributed by atoms with Crippen molar-refractivity contribution in [3.8, 4) is 17.2 Å². The molecule has 7 nitrogen and oxygen atoms in total. The van der Waals surface area contributed by atoms with Gasteiger partial charge in [-0.1, -0.05) is 23.7 Å². The lowest BCUT2D eigenvalue weighted by Gasteiger charge is -2.30. The maximum absolute atomic E-state index is 12.2. The van der Waals surface area contributed by atoms with Crippen LogP contribution in [0.15, 0.2) is 36.4 Å². The molecule has 0 radical (unpaired) electrons. The predicted octanol–water partition coefficient (Wildman–Crippen LogP) is 5.97. The Morgan fingerprint density at radius 3 is 2.19 bits per heavy atom. The van der Waals surface area contributed by atoms with Gasteiger partial charge in [-0.15, -0.1) is 0 Å². The van der Waals surface area contributed by atoms with E-state index < -0.39 is 17.2 Å². The summed E-state index contributed by atoms with van der Waals surface area (Å²) in [5.41, 5.74) is 0.564. The number of aliphatic hydroxyl groups excluding tert-OH is 1. The minimum Gasteiger partial charge on any atom is -0.494 e. The quantitative estimate of drug-likeness (QED) is 0.338. The van der Waals surface area contributed by atoms with Crippen molar-refractivity contribution >= 4 is 17.7 Å². The number of hydrogen-bond acceptors (Lipinski definition) is 6. The Bertz CT molecular complexity index is 973. The highest BCUT2D eigenvalue weighted by atomic mass is 35.5. The van der Waals surface area contributed by atoms with E-state index in [2.05, 4.69) is 5.32 Å². The van der Waals surface area contributed by atoms with E-state index in [0.717, 1.165) is 16.9 Å². The highest BCUT2D eigenvalue weighted by Gasteiger charge is 2.28. The largest absolute Gasteiger partial charge is 0.494 e. The molecule has 0 saturated carbocycles. The van der Waals surface area contributed by atoms with E-state index in [1.165, 1.54) is 0 Å². The van der Waals surface area contributed by atoms with Crippen molar-refractivity contribution in [1.82, 2.24) is 5.32 Å². The third-order valence-electron chi connectivity index (χ3n) is 5.36. The number of rotatable bonds is 13. The fraction of sp³-hybridized carbons (Fsp3) is 0.536. The molecule has 200 valence electrons. The summed E-state index contributed by atoms with van der Waals surface area (Å²) in [6, 6.07) is 11.7. The van der Waals surface area contributed by atoms with E-state index in [0.29, 0.717) is 55.6 Å². The van der Waals surface area contributed by atoms with Crippen LogP contribution < -0.4 is 19.5 Å². The molecule has 0 spiro atoms. The Morgan fingerprint density at radius 2 is 1.61 bits per heavy atom. The number of alkyl carbamates (subject to hydrolysis) is 1. The molecular formula is C28H40ClNO6. The van der Waals surface area contributed by atoms with Crippen molar-refractivity contribution in [2.24, 2.45) is 0 Å². The van der Waals surface area contributed by atoms with Crippen molar-refractivity contribution < 1.29 is 28.8 Å². The van der Waals surface area contributed by atoms with Gasteiger partial charge in [0.1, 0.15) is 11.4 Å². The zero-order valence-electron chi connectivity index (χ0n) is 22.3. The summed E-state index contributed by atoms with van der Waals surface area (Å²) in [7, 11) is 0. The van der Waals surface area contributed by atoms with Gasteiger partial charge < -0.3 is 29.4 Å². The maximum atomic E-state index is 12.2. The van der Waals surface area contributed by atoms with Crippen LogP contribution in [0.4, 0.5) is 4.79 Å². The lowest BCUT2D eigenvalue weighted by atomic mass is 9.94. The third kappa shape index (κ3) is 9.78. The number of aliphatic hydroxyl groups is 1. The summed E-state index contributed by atoms with van der Waals surface area (Å²) in [5.74, 6) is 1.92. The van der Waals surface area contributed by atoms with Gasteiger partial charge >= 0.3 is 6.09 Å². The summed E-state index contributed by atoms with van der Waals surface area (Å²) in [4.78, 5) is 12.2. The van der Waals surface area contributed by atoms with Gasteiger partial charge in [-0.25, -0.2) is 4.79 Å². The second kappa shape index (κ2) is 13.6. The van der Waals surface area contributed by atoms with Crippen LogP contribution in [-0.4, -0.2) is 48.8 Å². The Kier molecular flexibility index (Phi) is 11.2. The molecule has 0 aliphatic rings. The molecule has 0 aromatic heterocycles. The minimum atomic E-state index is -0.854. The summed E-state index contributed by atoms with van der Waals surface area (Å²) >= 11 is 6.59. The molecule has 2 aromatic rings. The fourth-order valence-electron chi connectivity index (χ4n) is 3.51. The van der Waals surface area contributed by atoms with Gasteiger partial charge in [0, 0.05) is 6.42 Å². The van der Waals surface area contributed by atoms with Gasteiger partial charge in [0.05, 0.1) is 37.0 Å². The standard InChI is InChI=1S/C28H40ClNO6/c1-7-33-22-11-9-20(10-12-22)14-16-35-25-23(29)17-21(18-24(25)34-8-2)13-15-28(6,19-31)30-26(32)36-27(3,4)5/h9-12,17-18,31H,7-8,13-16,19H2,1-6H3,(H,30,32)/t28-/m1/s1. The van der Waals surface area contributed by atoms with Crippen molar-refractivity contribution in [2.75, 3.05) is 26.4 Å². The van der Waals surface area contributed by atoms with Crippen LogP contribution in [0.25, 0.3) is 0 Å². The van der Waals surface area contributed by atoms with Gasteiger partial charge in [0.2, 0.25) is 0 Å². The summed E-state index contributed by atoms with van der Waals surface area (Å²) < 4.78 is 22.7. The monoisotopic (exact) mass is 521 g/mol. The van der Waals surface area contributed by atoms with Gasteiger partial charge in [0.15, 0.2) is 11.5 Å². The molecule has 0 bridgehead atoms. The van der Waals surface area contributed by atoms with E-state index in [1.807, 2.05) is 50.2 Å². The number of aryl methyl sites for hydroxylation is 1. The molecule has 1 atom stereocenters. The molecule has 2 aromatic carbocycles. The van der Waals surface area contributed by atoms with Crippen LogP contribution in [0, 0.1) is 0 Å². The zero-order valence-corrected chi connectivity index (χ0v) is 23.0. The molecule has 0 fully saturated rings. The molecular weight excluding hydrogens is 482 g/mol. The Morgan fingerprint density at radius 1 is 0.944 bits per heavy atom. The number of halogens is 1. The Labute approximate surface area is 220 Å². The number of benzene rings is 2. The highest BCUT2D eigenvalue weighted by Crippen LogP contribution is 2.37. The third-order valence-corrected chi connectivity index (χ3v) is 5.64. The smallest absolute Gasteiger partial charge is 0.408 e. The van der Waals surface area contributed by atoms with E-state index in [4.69, 9.17) is 30.5 Å². The summed E-state index contributed by atoms with van der Waals surface area (Å²) in [6.45, 7) is 12.3. The van der Waals surface area contributed by atoms with Crippen LogP contribution in [-0.2, 0) is 17.6 Å². The van der Waals surface area contributed by atoms with Crippen LogP contribution in [0.2, 0.25) is 5.02 Å². The van der Waals surface area contributed by atoms with Gasteiger partial charge in [0.25, 0.3) is 0 Å². The first-order chi connectivity index (χ1) is 17.0. The predicted molar refractivity (Wildman–Crippen MR) is 143 cm³/mol. The van der Waals surface area contributed by atoms with Gasteiger partial charge in [-0.2, -0.15) is 0 Å². The SMILES string of the molecule is CCOc1ccc(CCOc2c(Cl)cc(CC[C@](C)(CO)NC(=O)OC(C)(C)C)cc2OCC)cc1. The van der Waals surface area contributed by atoms with Crippen LogP contribution in [0.3, 0.4) is 0 Å². The fourth-order valence-corrected chi connectivity index (χ4v) is 3.80. The average Bonchev–Trinajstić information content (AvgIpc) is 2.79. The van der Waals surface area contributed by atoms with E-state index in [1.54, 1.807) is 27.7 Å². The van der Waals surface area contributed by atoms with Crippen LogP contribution in [0.1, 0.15) is 59.1 Å². The Hall–Kier alpha value is -2.64. The number of carbonyl (C=O) groups is 1. The molecule has 0 aliphatic carbocycles. The average molecular weight is 522 g/mol. The molecule has 8 heteroatoms. The normalized spacial score (nSPS) is 13.0. The van der Waals surface area contributed by atoms with E-state index in [-0.39, 0.29) is 6.61 Å². The van der Waals surface area contributed by atoms with Crippen molar-refractivity contribution in [1.29, 1.82) is 0 Å². The maximum Gasteiger partial charge on any atom is 0.408 e. The second-order valence-electron chi connectivity index (χ2n) is 9.86. The number of carbonyl (C=O) groups excluding carboxylic acids is 1. The molecule has 0 aliphatic heterocycles. The van der Waals surface area contributed by atoms with Gasteiger partial charge in [-0.05, 0) is 89.8 Å². The Balaban J connectivity index is 2.04. The first kappa shape index (κ1) is 29.6. The van der Waals surface area contributed by atoms with Crippen molar-refractivity contribution in [2.45, 2.75) is 71.9 Å². The summed E-state index contributed by atoms with van der Waals surface area (Å²) in [5, 5.41) is 13.2. The molecule has 2 rings (SSSR count). The lowest BCUT2D eigenvalue weighted by Crippen LogP contribution is -2.50. The lowest BCUT2D eigenvalue weighted by molar-refractivity contribution is 0.0407.